The summed E-state index contributed by atoms with van der Waals surface area (Å²) in [7, 11) is 0. The number of alkyl halides is 3. The van der Waals surface area contributed by atoms with Crippen molar-refractivity contribution in [2.45, 2.75) is 29.7 Å². The molecule has 1 aliphatic heterocycles. The maximum Gasteiger partial charge on any atom is 0.422 e. The molecule has 2 aromatic heterocycles. The molecule has 1 fully saturated rings. The van der Waals surface area contributed by atoms with Crippen LogP contribution in [0.5, 0.6) is 0 Å². The molecule has 3 rings (SSSR count). The highest BCUT2D eigenvalue weighted by molar-refractivity contribution is 8.00. The third kappa shape index (κ3) is 6.71. The lowest BCUT2D eigenvalue weighted by Gasteiger charge is -2.35. The number of carbonyl (C=O) groups excluding carboxylic acids is 1. The molecular formula is C21H23F3N6O3S. The quantitative estimate of drug-likeness (QED) is 0.437. The Bertz CT molecular complexity index is 1080. The summed E-state index contributed by atoms with van der Waals surface area (Å²) in [5, 5.41) is 13.7. The molecule has 182 valence electrons. The van der Waals surface area contributed by atoms with Gasteiger partial charge in [-0.1, -0.05) is 6.92 Å². The van der Waals surface area contributed by atoms with Gasteiger partial charge in [0.1, 0.15) is 17.5 Å². The highest BCUT2D eigenvalue weighted by Crippen LogP contribution is 2.35. The van der Waals surface area contributed by atoms with Crippen LogP contribution in [0.3, 0.4) is 0 Å². The highest BCUT2D eigenvalue weighted by Gasteiger charge is 2.37. The number of nitrogens with one attached hydrogen (secondary N) is 1. The summed E-state index contributed by atoms with van der Waals surface area (Å²) in [5.41, 5.74) is -2.07. The van der Waals surface area contributed by atoms with Crippen LogP contribution >= 0.6 is 11.8 Å². The van der Waals surface area contributed by atoms with Crippen LogP contribution in [0, 0.1) is 11.3 Å². The fraction of sp³-hybridized carbons (Fsp3) is 0.476. The predicted octanol–water partition coefficient (Wildman–Crippen LogP) is 2.29. The highest BCUT2D eigenvalue weighted by atomic mass is 32.2. The molecule has 0 aliphatic carbocycles. The van der Waals surface area contributed by atoms with Crippen molar-refractivity contribution in [3.05, 3.63) is 46.0 Å². The smallest absolute Gasteiger partial charge is 0.380 e. The number of nitriles is 1. The van der Waals surface area contributed by atoms with E-state index in [2.05, 4.69) is 10.1 Å². The second-order valence-electron chi connectivity index (χ2n) is 7.57. The molecule has 3 heterocycles. The number of hydrogen-bond acceptors (Lipinski definition) is 8. The van der Waals surface area contributed by atoms with Crippen molar-refractivity contribution in [3.8, 4) is 6.07 Å². The van der Waals surface area contributed by atoms with Crippen LogP contribution < -0.4 is 10.5 Å². The lowest BCUT2D eigenvalue weighted by atomic mass is 10.2. The Labute approximate surface area is 197 Å². The first kappa shape index (κ1) is 25.5. The monoisotopic (exact) mass is 496 g/mol. The van der Waals surface area contributed by atoms with Crippen LogP contribution in [0.15, 0.2) is 34.2 Å². The van der Waals surface area contributed by atoms with Crippen LogP contribution in [-0.4, -0.2) is 70.6 Å². The molecule has 0 radical (unpaired) electrons. The molecule has 0 saturated carbocycles. The fourth-order valence-electron chi connectivity index (χ4n) is 3.38. The first-order chi connectivity index (χ1) is 16.2. The zero-order valence-electron chi connectivity index (χ0n) is 18.3. The van der Waals surface area contributed by atoms with Gasteiger partial charge in [-0.25, -0.2) is 10.1 Å². The molecule has 2 aromatic rings. The van der Waals surface area contributed by atoms with Crippen LogP contribution in [0.4, 0.5) is 19.0 Å². The SMILES string of the molecule is C[C@@H](COCCC(=O)N1CCN(c2ccc(C#N)cn2)CC1)Sc1cn[nH]c(=O)c1C(F)(F)F. The number of pyridine rings is 1. The average molecular weight is 497 g/mol. The Kier molecular flexibility index (Phi) is 8.51. The summed E-state index contributed by atoms with van der Waals surface area (Å²) in [6.45, 7) is 4.21. The van der Waals surface area contributed by atoms with Crippen LogP contribution in [-0.2, 0) is 15.7 Å². The van der Waals surface area contributed by atoms with Gasteiger partial charge >= 0.3 is 6.18 Å². The second-order valence-corrected chi connectivity index (χ2v) is 9.05. The lowest BCUT2D eigenvalue weighted by Crippen LogP contribution is -2.49. The van der Waals surface area contributed by atoms with Crippen molar-refractivity contribution in [2.75, 3.05) is 44.3 Å². The van der Waals surface area contributed by atoms with Crippen molar-refractivity contribution in [3.63, 3.8) is 0 Å². The number of piperazine rings is 1. The van der Waals surface area contributed by atoms with Crippen molar-refractivity contribution in [2.24, 2.45) is 0 Å². The van der Waals surface area contributed by atoms with Gasteiger partial charge < -0.3 is 14.5 Å². The number of carbonyl (C=O) groups is 1. The minimum absolute atomic E-state index is 0.0640. The standard InChI is InChI=1S/C21H23F3N6O3S/c1-14(34-16-12-27-28-20(32)19(16)21(22,23)24)13-33-9-4-18(31)30-7-5-29(6-8-30)17-3-2-15(10-25)11-26-17/h2-3,11-12,14H,4-9,13H2,1H3,(H,28,32)/t14-/m0/s1. The van der Waals surface area contributed by atoms with Crippen LogP contribution in [0.2, 0.25) is 0 Å². The summed E-state index contributed by atoms with van der Waals surface area (Å²) in [4.78, 5) is 31.8. The predicted molar refractivity (Wildman–Crippen MR) is 118 cm³/mol. The summed E-state index contributed by atoms with van der Waals surface area (Å²) in [6, 6.07) is 5.51. The van der Waals surface area contributed by atoms with Crippen molar-refractivity contribution in [1.29, 1.82) is 5.26 Å². The number of aromatic amines is 1. The number of hydrogen-bond donors (Lipinski definition) is 1. The topological polar surface area (TPSA) is 115 Å². The molecule has 1 saturated heterocycles. The Morgan fingerprint density at radius 2 is 2.03 bits per heavy atom. The number of anilines is 1. The Morgan fingerprint density at radius 3 is 2.65 bits per heavy atom. The van der Waals surface area contributed by atoms with Crippen LogP contribution in [0.1, 0.15) is 24.5 Å². The zero-order valence-corrected chi connectivity index (χ0v) is 19.2. The molecule has 34 heavy (non-hydrogen) atoms. The first-order valence-electron chi connectivity index (χ1n) is 10.5. The Morgan fingerprint density at radius 1 is 1.29 bits per heavy atom. The number of thioether (sulfide) groups is 1. The van der Waals surface area contributed by atoms with Crippen molar-refractivity contribution in [1.82, 2.24) is 20.1 Å². The third-order valence-electron chi connectivity index (χ3n) is 5.08. The van der Waals surface area contributed by atoms with Crippen molar-refractivity contribution >= 4 is 23.5 Å². The summed E-state index contributed by atoms with van der Waals surface area (Å²) >= 11 is 0.846. The molecule has 9 nitrogen and oxygen atoms in total. The zero-order chi connectivity index (χ0) is 24.7. The van der Waals surface area contributed by atoms with Gasteiger partial charge in [-0.05, 0) is 12.1 Å². The molecule has 1 N–H and O–H groups in total. The largest absolute Gasteiger partial charge is 0.422 e. The Hall–Kier alpha value is -3.11. The van der Waals surface area contributed by atoms with Gasteiger partial charge in [0.25, 0.3) is 5.56 Å². The maximum atomic E-state index is 13.1. The van der Waals surface area contributed by atoms with E-state index in [1.54, 1.807) is 29.1 Å². The maximum absolute atomic E-state index is 13.1. The van der Waals surface area contributed by atoms with Gasteiger partial charge in [0, 0.05) is 42.5 Å². The molecule has 1 atom stereocenters. The fourth-order valence-corrected chi connectivity index (χ4v) is 4.42. The molecule has 1 aliphatic rings. The summed E-state index contributed by atoms with van der Waals surface area (Å²) in [5.74, 6) is 0.691. The molecule has 0 aromatic carbocycles. The minimum atomic E-state index is -4.79. The number of rotatable bonds is 8. The van der Waals surface area contributed by atoms with E-state index in [0.29, 0.717) is 31.7 Å². The van der Waals surface area contributed by atoms with E-state index >= 15 is 0 Å². The number of nitrogens with zero attached hydrogens (tertiary/aromatic N) is 5. The number of amides is 1. The number of halogens is 3. The molecule has 0 bridgehead atoms. The summed E-state index contributed by atoms with van der Waals surface area (Å²) in [6.07, 6.45) is -2.14. The lowest BCUT2D eigenvalue weighted by molar-refractivity contribution is -0.141. The van der Waals surface area contributed by atoms with Gasteiger partial charge in [0.15, 0.2) is 0 Å². The Balaban J connectivity index is 1.39. The van der Waals surface area contributed by atoms with Gasteiger partial charge in [0.05, 0.1) is 31.4 Å². The molecule has 1 amide bonds. The van der Waals surface area contributed by atoms with E-state index < -0.39 is 17.3 Å². The number of H-pyrrole nitrogens is 1. The minimum Gasteiger partial charge on any atom is -0.380 e. The molecule has 0 unspecified atom stereocenters. The van der Waals surface area contributed by atoms with Gasteiger partial charge in [-0.3, -0.25) is 9.59 Å². The van der Waals surface area contributed by atoms with E-state index in [9.17, 15) is 22.8 Å². The molecule has 13 heteroatoms. The first-order valence-corrected chi connectivity index (χ1v) is 11.3. The normalized spacial score (nSPS) is 15.1. The van der Waals surface area contributed by atoms with E-state index in [1.807, 2.05) is 11.0 Å². The van der Waals surface area contributed by atoms with Crippen molar-refractivity contribution < 1.29 is 22.7 Å². The van der Waals surface area contributed by atoms with Gasteiger partial charge in [0.2, 0.25) is 5.91 Å². The van der Waals surface area contributed by atoms with E-state index in [-0.39, 0.29) is 35.7 Å². The number of aromatic nitrogens is 3. The van der Waals surface area contributed by atoms with E-state index in [1.165, 1.54) is 6.20 Å². The number of ether oxygens (including phenoxy) is 1. The van der Waals surface area contributed by atoms with Crippen LogP contribution in [0.25, 0.3) is 0 Å². The van der Waals surface area contributed by atoms with E-state index in [4.69, 9.17) is 10.00 Å². The second kappa shape index (κ2) is 11.3. The summed E-state index contributed by atoms with van der Waals surface area (Å²) < 4.78 is 44.9. The van der Waals surface area contributed by atoms with Gasteiger partial charge in [-0.15, -0.1) is 11.8 Å². The third-order valence-corrected chi connectivity index (χ3v) is 6.18. The molecule has 0 spiro atoms. The van der Waals surface area contributed by atoms with E-state index in [0.717, 1.165) is 23.8 Å². The molecular weight excluding hydrogens is 473 g/mol. The van der Waals surface area contributed by atoms with Gasteiger partial charge in [-0.2, -0.15) is 23.5 Å². The average Bonchev–Trinajstić information content (AvgIpc) is 2.81.